The lowest BCUT2D eigenvalue weighted by atomic mass is 10.1. The van der Waals surface area contributed by atoms with Crippen molar-refractivity contribution in [3.8, 4) is 5.75 Å². The van der Waals surface area contributed by atoms with Gasteiger partial charge in [0.15, 0.2) is 5.65 Å². The van der Waals surface area contributed by atoms with E-state index >= 15 is 0 Å². The van der Waals surface area contributed by atoms with Crippen molar-refractivity contribution in [1.29, 1.82) is 0 Å². The standard InChI is InChI=1S/C21H25FN4O2/c1-4-17-13(2)23-20-10-19(24-26(20)21(17)27)15-7-8-25(12-15)11-14-5-6-16(28-3)9-18(14)22/h5-6,9-10,15,24H,4,7-8,11-12H2,1-3H3. The minimum absolute atomic E-state index is 0.0218. The van der Waals surface area contributed by atoms with E-state index in [0.717, 1.165) is 36.5 Å². The van der Waals surface area contributed by atoms with E-state index in [1.54, 1.807) is 16.6 Å². The van der Waals surface area contributed by atoms with Gasteiger partial charge in [-0.15, -0.1) is 0 Å². The van der Waals surface area contributed by atoms with Gasteiger partial charge in [-0.05, 0) is 32.4 Å². The predicted molar refractivity (Wildman–Crippen MR) is 106 cm³/mol. The highest BCUT2D eigenvalue weighted by molar-refractivity contribution is 5.42. The highest BCUT2D eigenvalue weighted by Gasteiger charge is 2.26. The minimum atomic E-state index is -0.244. The number of likely N-dealkylation sites (tertiary alicyclic amines) is 1. The summed E-state index contributed by atoms with van der Waals surface area (Å²) in [6.45, 7) is 6.10. The number of nitrogens with zero attached hydrogens (tertiary/aromatic N) is 3. The maximum absolute atomic E-state index is 14.2. The van der Waals surface area contributed by atoms with Crippen LogP contribution in [0.3, 0.4) is 0 Å². The van der Waals surface area contributed by atoms with Gasteiger partial charge in [0.25, 0.3) is 5.56 Å². The van der Waals surface area contributed by atoms with Gasteiger partial charge in [0.2, 0.25) is 0 Å². The first-order valence-electron chi connectivity index (χ1n) is 9.66. The first-order chi connectivity index (χ1) is 13.5. The largest absolute Gasteiger partial charge is 0.497 e. The van der Waals surface area contributed by atoms with Gasteiger partial charge in [-0.2, -0.15) is 0 Å². The number of H-pyrrole nitrogens is 1. The third-order valence-corrected chi connectivity index (χ3v) is 5.65. The van der Waals surface area contributed by atoms with Gasteiger partial charge in [0.05, 0.1) is 7.11 Å². The third kappa shape index (κ3) is 3.30. The van der Waals surface area contributed by atoms with Crippen molar-refractivity contribution in [3.63, 3.8) is 0 Å². The van der Waals surface area contributed by atoms with E-state index < -0.39 is 0 Å². The Kier molecular flexibility index (Phi) is 4.93. The number of rotatable bonds is 5. The van der Waals surface area contributed by atoms with Crippen molar-refractivity contribution in [2.24, 2.45) is 0 Å². The smallest absolute Gasteiger partial charge is 0.276 e. The Morgan fingerprint density at radius 1 is 1.36 bits per heavy atom. The normalized spacial score (nSPS) is 17.5. The SMILES string of the molecule is CCc1c(C)nc2cc(C3CCN(Cc4ccc(OC)cc4F)C3)[nH]n2c1=O. The van der Waals surface area contributed by atoms with Gasteiger partial charge in [0.1, 0.15) is 11.6 Å². The van der Waals surface area contributed by atoms with Crippen LogP contribution in [-0.2, 0) is 13.0 Å². The van der Waals surface area contributed by atoms with Crippen LogP contribution in [-0.4, -0.2) is 39.7 Å². The Balaban J connectivity index is 1.53. The summed E-state index contributed by atoms with van der Waals surface area (Å²) in [4.78, 5) is 19.4. The van der Waals surface area contributed by atoms with Crippen molar-refractivity contribution >= 4 is 5.65 Å². The molecule has 1 fully saturated rings. The fourth-order valence-electron chi connectivity index (χ4n) is 4.06. The first kappa shape index (κ1) is 18.7. The molecule has 3 aromatic rings. The van der Waals surface area contributed by atoms with Crippen LogP contribution in [0.1, 0.15) is 41.8 Å². The molecule has 0 spiro atoms. The molecule has 6 nitrogen and oxygen atoms in total. The Morgan fingerprint density at radius 3 is 2.89 bits per heavy atom. The van der Waals surface area contributed by atoms with Crippen LogP contribution in [0, 0.1) is 12.7 Å². The number of hydrogen-bond donors (Lipinski definition) is 1. The molecule has 1 aromatic carbocycles. The van der Waals surface area contributed by atoms with E-state index in [4.69, 9.17) is 4.74 Å². The summed E-state index contributed by atoms with van der Waals surface area (Å²) in [5.74, 6) is 0.554. The summed E-state index contributed by atoms with van der Waals surface area (Å²) in [7, 11) is 1.53. The molecule has 1 unspecified atom stereocenters. The summed E-state index contributed by atoms with van der Waals surface area (Å²) in [5, 5.41) is 3.24. The topological polar surface area (TPSA) is 62.6 Å². The Hall–Kier alpha value is -2.67. The molecule has 0 saturated carbocycles. The second-order valence-corrected chi connectivity index (χ2v) is 7.42. The number of nitrogens with one attached hydrogen (secondary N) is 1. The van der Waals surface area contributed by atoms with Gasteiger partial charge in [0, 0.05) is 53.7 Å². The van der Waals surface area contributed by atoms with Crippen molar-refractivity contribution in [3.05, 3.63) is 63.0 Å². The van der Waals surface area contributed by atoms with Gasteiger partial charge in [-0.25, -0.2) is 13.9 Å². The van der Waals surface area contributed by atoms with Crippen LogP contribution >= 0.6 is 0 Å². The summed E-state index contributed by atoms with van der Waals surface area (Å²) in [5.41, 5.74) is 3.85. The van der Waals surface area contributed by atoms with Gasteiger partial charge >= 0.3 is 0 Å². The lowest BCUT2D eigenvalue weighted by Gasteiger charge is -2.16. The van der Waals surface area contributed by atoms with E-state index in [1.807, 2.05) is 19.9 Å². The van der Waals surface area contributed by atoms with E-state index in [-0.39, 0.29) is 17.3 Å². The lowest BCUT2D eigenvalue weighted by molar-refractivity contribution is 0.320. The molecule has 3 heterocycles. The summed E-state index contributed by atoms with van der Waals surface area (Å²) < 4.78 is 20.9. The predicted octanol–water partition coefficient (Wildman–Crippen LogP) is 3.03. The first-order valence-corrected chi connectivity index (χ1v) is 9.66. The molecule has 4 rings (SSSR count). The van der Waals surface area contributed by atoms with Crippen LogP contribution < -0.4 is 10.3 Å². The molecule has 7 heteroatoms. The molecular formula is C21H25FN4O2. The van der Waals surface area contributed by atoms with Crippen molar-refractivity contribution in [1.82, 2.24) is 19.5 Å². The second-order valence-electron chi connectivity index (χ2n) is 7.42. The van der Waals surface area contributed by atoms with Crippen LogP contribution in [0.5, 0.6) is 5.75 Å². The zero-order valence-corrected chi connectivity index (χ0v) is 16.5. The maximum Gasteiger partial charge on any atom is 0.276 e. The third-order valence-electron chi connectivity index (χ3n) is 5.65. The molecule has 1 saturated heterocycles. The lowest BCUT2D eigenvalue weighted by Crippen LogP contribution is -2.22. The number of benzene rings is 1. The quantitative estimate of drug-likeness (QED) is 0.735. The Morgan fingerprint density at radius 2 is 2.18 bits per heavy atom. The molecule has 1 aliphatic rings. The molecule has 1 N–H and O–H groups in total. The number of aryl methyl sites for hydroxylation is 1. The van der Waals surface area contributed by atoms with Crippen molar-refractivity contribution in [2.75, 3.05) is 20.2 Å². The summed E-state index contributed by atoms with van der Waals surface area (Å²) in [6, 6.07) is 6.96. The molecule has 148 valence electrons. The summed E-state index contributed by atoms with van der Waals surface area (Å²) in [6.07, 6.45) is 1.62. The number of hydrogen-bond acceptors (Lipinski definition) is 4. The fraction of sp³-hybridized carbons (Fsp3) is 0.429. The van der Waals surface area contributed by atoms with E-state index in [1.165, 1.54) is 13.2 Å². The van der Waals surface area contributed by atoms with Crippen LogP contribution in [0.4, 0.5) is 4.39 Å². The fourth-order valence-corrected chi connectivity index (χ4v) is 4.06. The van der Waals surface area contributed by atoms with Gasteiger partial charge < -0.3 is 4.74 Å². The molecule has 1 aliphatic heterocycles. The number of aromatic amines is 1. The monoisotopic (exact) mass is 384 g/mol. The number of aromatic nitrogens is 3. The van der Waals surface area contributed by atoms with E-state index in [9.17, 15) is 9.18 Å². The highest BCUT2D eigenvalue weighted by Crippen LogP contribution is 2.28. The molecule has 0 radical (unpaired) electrons. The van der Waals surface area contributed by atoms with Gasteiger partial charge in [-0.1, -0.05) is 13.0 Å². The maximum atomic E-state index is 14.2. The number of methoxy groups -OCH3 is 1. The molecule has 28 heavy (non-hydrogen) atoms. The number of ether oxygens (including phenoxy) is 1. The molecule has 0 aliphatic carbocycles. The zero-order valence-electron chi connectivity index (χ0n) is 16.5. The Bertz CT molecular complexity index is 1070. The molecular weight excluding hydrogens is 359 g/mol. The van der Waals surface area contributed by atoms with Crippen molar-refractivity contribution in [2.45, 2.75) is 39.2 Å². The van der Waals surface area contributed by atoms with E-state index in [2.05, 4.69) is 15.0 Å². The molecule has 0 amide bonds. The van der Waals surface area contributed by atoms with Crippen molar-refractivity contribution < 1.29 is 9.13 Å². The van der Waals surface area contributed by atoms with Crippen LogP contribution in [0.15, 0.2) is 29.1 Å². The summed E-state index contributed by atoms with van der Waals surface area (Å²) >= 11 is 0. The van der Waals surface area contributed by atoms with Crippen LogP contribution in [0.25, 0.3) is 5.65 Å². The molecule has 2 aromatic heterocycles. The van der Waals surface area contributed by atoms with E-state index in [0.29, 0.717) is 29.9 Å². The zero-order chi connectivity index (χ0) is 19.8. The Labute approximate surface area is 162 Å². The molecule has 0 bridgehead atoms. The highest BCUT2D eigenvalue weighted by atomic mass is 19.1. The average Bonchev–Trinajstić information content (AvgIpc) is 3.30. The second kappa shape index (κ2) is 7.39. The number of fused-ring (bicyclic) bond motifs is 1. The minimum Gasteiger partial charge on any atom is -0.497 e. The number of halogens is 1. The van der Waals surface area contributed by atoms with Gasteiger partial charge in [-0.3, -0.25) is 14.8 Å². The molecule has 1 atom stereocenters. The average molecular weight is 384 g/mol. The van der Waals surface area contributed by atoms with Crippen LogP contribution in [0.2, 0.25) is 0 Å².